The van der Waals surface area contributed by atoms with Gasteiger partial charge in [0, 0.05) is 6.42 Å². The molecule has 0 radical (unpaired) electrons. The lowest BCUT2D eigenvalue weighted by molar-refractivity contribution is -0.900. The van der Waals surface area contributed by atoms with E-state index in [-0.39, 0.29) is 6.61 Å². The van der Waals surface area contributed by atoms with Gasteiger partial charge in [-0.1, -0.05) is 96.1 Å². The Morgan fingerprint density at radius 1 is 0.767 bits per heavy atom. The van der Waals surface area contributed by atoms with Gasteiger partial charge in [0.2, 0.25) is 0 Å². The highest BCUT2D eigenvalue weighted by atomic mass is 16.3. The molecule has 0 spiro atoms. The predicted octanol–water partition coefficient (Wildman–Crippen LogP) is 7.42. The summed E-state index contributed by atoms with van der Waals surface area (Å²) in [5, 5.41) is 12.9. The van der Waals surface area contributed by atoms with Crippen molar-refractivity contribution in [2.45, 2.75) is 129 Å². The van der Waals surface area contributed by atoms with Crippen LogP contribution < -0.4 is 5.32 Å². The summed E-state index contributed by atoms with van der Waals surface area (Å²) in [6, 6.07) is 0. The van der Waals surface area contributed by atoms with Gasteiger partial charge >= 0.3 is 0 Å². The van der Waals surface area contributed by atoms with Crippen LogP contribution in [0.25, 0.3) is 0 Å². The molecule has 2 atom stereocenters. The van der Waals surface area contributed by atoms with Crippen LogP contribution in [0.15, 0.2) is 24.6 Å². The number of hydrogen-bond acceptors (Lipinski definition) is 2. The molecule has 0 aromatic carbocycles. The van der Waals surface area contributed by atoms with Crippen molar-refractivity contribution in [2.75, 3.05) is 19.7 Å². The van der Waals surface area contributed by atoms with Gasteiger partial charge in [-0.05, 0) is 32.6 Å². The number of hydrogen-bond donors (Lipinski definition) is 2. The third-order valence-corrected chi connectivity index (χ3v) is 6.89. The number of likely N-dealkylation sites (N-methyl/N-ethyl adjacent to an activating group) is 1. The second-order valence-electron chi connectivity index (χ2n) is 9.27. The zero-order valence-electron chi connectivity index (χ0n) is 20.4. The number of allylic oxidation sites excluding steroid dienone is 2. The first-order valence-electron chi connectivity index (χ1n) is 13.3. The van der Waals surface area contributed by atoms with Crippen molar-refractivity contribution in [1.82, 2.24) is 5.32 Å². The lowest BCUT2D eigenvalue weighted by Crippen LogP contribution is -2.54. The number of aliphatic hydroxyl groups is 1. The Labute approximate surface area is 188 Å². The monoisotopic (exact) mass is 421 g/mol. The minimum absolute atomic E-state index is 0.271. The van der Waals surface area contributed by atoms with Gasteiger partial charge in [-0.15, -0.1) is 0 Å². The van der Waals surface area contributed by atoms with Gasteiger partial charge in [0.15, 0.2) is 6.17 Å². The summed E-state index contributed by atoms with van der Waals surface area (Å²) >= 11 is 0. The largest absolute Gasteiger partial charge is 0.390 e. The van der Waals surface area contributed by atoms with E-state index >= 15 is 0 Å². The van der Waals surface area contributed by atoms with Gasteiger partial charge in [0.05, 0.1) is 19.4 Å². The van der Waals surface area contributed by atoms with Gasteiger partial charge in [-0.3, -0.25) is 4.48 Å². The molecule has 30 heavy (non-hydrogen) atoms. The molecule has 2 N–H and O–H groups in total. The zero-order chi connectivity index (χ0) is 21.8. The first-order valence-corrected chi connectivity index (χ1v) is 13.3. The highest BCUT2D eigenvalue weighted by Gasteiger charge is 2.35. The number of rotatable bonds is 21. The molecule has 0 aromatic heterocycles. The van der Waals surface area contributed by atoms with Crippen LogP contribution >= 0.6 is 0 Å². The Bertz CT molecular complexity index is 435. The van der Waals surface area contributed by atoms with Crippen LogP contribution in [0, 0.1) is 0 Å². The van der Waals surface area contributed by atoms with Crippen LogP contribution in [-0.4, -0.2) is 35.5 Å². The molecule has 0 saturated carbocycles. The molecule has 0 bridgehead atoms. The highest BCUT2D eigenvalue weighted by Crippen LogP contribution is 2.23. The minimum Gasteiger partial charge on any atom is -0.390 e. The molecule has 2 unspecified atom stereocenters. The molecule has 1 aliphatic rings. The fourth-order valence-corrected chi connectivity index (χ4v) is 4.80. The Kier molecular flexibility index (Phi) is 17.2. The summed E-state index contributed by atoms with van der Waals surface area (Å²) in [7, 11) is 0. The van der Waals surface area contributed by atoms with Crippen molar-refractivity contribution in [1.29, 1.82) is 0 Å². The number of nitrogens with zero attached hydrogens (tertiary/aromatic N) is 1. The van der Waals surface area contributed by atoms with E-state index in [9.17, 15) is 5.11 Å². The Morgan fingerprint density at radius 2 is 1.30 bits per heavy atom. The molecule has 0 saturated heterocycles. The first-order chi connectivity index (χ1) is 14.8. The zero-order valence-corrected chi connectivity index (χ0v) is 20.4. The molecular weight excluding hydrogens is 368 g/mol. The van der Waals surface area contributed by atoms with Crippen LogP contribution in [0.5, 0.6) is 0 Å². The van der Waals surface area contributed by atoms with Gasteiger partial charge in [-0.25, -0.2) is 0 Å². The molecule has 0 aromatic rings. The fraction of sp³-hybridized carbons (Fsp3) is 0.852. The normalized spacial score (nSPS) is 21.0. The quantitative estimate of drug-likeness (QED) is 0.115. The van der Waals surface area contributed by atoms with E-state index in [0.29, 0.717) is 6.17 Å². The van der Waals surface area contributed by atoms with E-state index in [1.165, 1.54) is 109 Å². The molecule has 1 aliphatic heterocycles. The van der Waals surface area contributed by atoms with E-state index < -0.39 is 0 Å². The average Bonchev–Trinajstić information content (AvgIpc) is 3.16. The fourth-order valence-electron chi connectivity index (χ4n) is 4.80. The van der Waals surface area contributed by atoms with Crippen LogP contribution in [0.2, 0.25) is 0 Å². The minimum atomic E-state index is 0.271. The summed E-state index contributed by atoms with van der Waals surface area (Å²) in [6.07, 6.45) is 32.9. The van der Waals surface area contributed by atoms with E-state index in [4.69, 9.17) is 0 Å². The first kappa shape index (κ1) is 27.2. The molecule has 3 nitrogen and oxygen atoms in total. The van der Waals surface area contributed by atoms with E-state index in [1.807, 2.05) is 0 Å². The maximum absolute atomic E-state index is 9.39. The Morgan fingerprint density at radius 3 is 1.80 bits per heavy atom. The topological polar surface area (TPSA) is 32.3 Å². The second kappa shape index (κ2) is 18.9. The van der Waals surface area contributed by atoms with Gasteiger partial charge in [-0.2, -0.15) is 0 Å². The average molecular weight is 422 g/mol. The maximum Gasteiger partial charge on any atom is 0.166 e. The highest BCUT2D eigenvalue weighted by molar-refractivity contribution is 4.84. The molecule has 0 fully saturated rings. The Hall–Kier alpha value is -0.800. The van der Waals surface area contributed by atoms with Crippen LogP contribution in [0.1, 0.15) is 123 Å². The number of quaternary nitrogens is 1. The smallest absolute Gasteiger partial charge is 0.166 e. The lowest BCUT2D eigenvalue weighted by atomic mass is 10.0. The molecular formula is C27H53N2O+. The van der Waals surface area contributed by atoms with Gasteiger partial charge in [0.1, 0.15) is 12.7 Å². The van der Waals surface area contributed by atoms with Crippen LogP contribution in [-0.2, 0) is 0 Å². The molecule has 0 amide bonds. The van der Waals surface area contributed by atoms with Crippen molar-refractivity contribution in [3.8, 4) is 0 Å². The third kappa shape index (κ3) is 12.2. The van der Waals surface area contributed by atoms with E-state index in [1.54, 1.807) is 0 Å². The van der Waals surface area contributed by atoms with Crippen LogP contribution in [0.3, 0.4) is 0 Å². The second-order valence-corrected chi connectivity index (χ2v) is 9.27. The summed E-state index contributed by atoms with van der Waals surface area (Å²) in [4.78, 5) is 0. The SMILES string of the molecule is CC/C=C/CCCCCCCCCCCCCCCCC1NC=C[N+]1(CC)CCO. The van der Waals surface area contributed by atoms with E-state index in [0.717, 1.165) is 17.6 Å². The lowest BCUT2D eigenvalue weighted by Gasteiger charge is -2.36. The molecule has 176 valence electrons. The Balaban J connectivity index is 1.82. The predicted molar refractivity (Wildman–Crippen MR) is 132 cm³/mol. The van der Waals surface area contributed by atoms with Crippen molar-refractivity contribution >= 4 is 0 Å². The van der Waals surface area contributed by atoms with Crippen molar-refractivity contribution in [3.63, 3.8) is 0 Å². The summed E-state index contributed by atoms with van der Waals surface area (Å²) in [6.45, 7) is 6.61. The summed E-state index contributed by atoms with van der Waals surface area (Å²) in [5.41, 5.74) is 0. The van der Waals surface area contributed by atoms with Gasteiger partial charge < -0.3 is 10.4 Å². The van der Waals surface area contributed by atoms with E-state index in [2.05, 4.69) is 43.7 Å². The summed E-state index contributed by atoms with van der Waals surface area (Å²) in [5.74, 6) is 0. The standard InChI is InChI=1S/C27H53N2O/c1-3-5-6-7-8-9-10-11-12-13-14-15-16-17-18-19-20-21-22-27-28-23-24-29(27,4-2)25-26-30/h5-6,23-24,27-28,30H,3-4,7-22,25-26H2,1-2H3/q+1/b6-5+. The van der Waals surface area contributed by atoms with Crippen molar-refractivity contribution < 1.29 is 9.59 Å². The third-order valence-electron chi connectivity index (χ3n) is 6.89. The number of nitrogens with one attached hydrogen (secondary N) is 1. The molecule has 3 heteroatoms. The number of aliphatic hydroxyl groups excluding tert-OH is 1. The molecule has 0 aliphatic carbocycles. The van der Waals surface area contributed by atoms with Gasteiger partial charge in [0.25, 0.3) is 0 Å². The van der Waals surface area contributed by atoms with Crippen LogP contribution in [0.4, 0.5) is 0 Å². The maximum atomic E-state index is 9.39. The molecule has 1 heterocycles. The molecule has 1 rings (SSSR count). The van der Waals surface area contributed by atoms with Crippen molar-refractivity contribution in [3.05, 3.63) is 24.6 Å². The number of unbranched alkanes of at least 4 members (excludes halogenated alkanes) is 14. The summed E-state index contributed by atoms with van der Waals surface area (Å²) < 4.78 is 0.910. The van der Waals surface area contributed by atoms with Crippen molar-refractivity contribution in [2.24, 2.45) is 0 Å².